The molecule has 0 atom stereocenters. The Hall–Kier alpha value is -2.84. The molecule has 0 saturated carbocycles. The molecule has 2 aromatic rings. The molecule has 0 bridgehead atoms. The Morgan fingerprint density at radius 3 is 2.24 bits per heavy atom. The van der Waals surface area contributed by atoms with Gasteiger partial charge in [-0.1, -0.05) is 30.3 Å². The summed E-state index contributed by atoms with van der Waals surface area (Å²) in [7, 11) is 0. The van der Waals surface area contributed by atoms with E-state index in [9.17, 15) is 18.4 Å². The van der Waals surface area contributed by atoms with Crippen molar-refractivity contribution in [3.05, 3.63) is 65.7 Å². The third-order valence-corrected chi connectivity index (χ3v) is 4.73. The number of hydrogen-bond donors (Lipinski definition) is 2. The first-order chi connectivity index (χ1) is 14.0. The van der Waals surface area contributed by atoms with Crippen LogP contribution in [-0.2, 0) is 16.1 Å². The molecule has 1 aliphatic heterocycles. The highest BCUT2D eigenvalue weighted by Crippen LogP contribution is 2.12. The minimum absolute atomic E-state index is 0.137. The Balaban J connectivity index is 1.34. The lowest BCUT2D eigenvalue weighted by Gasteiger charge is -2.34. The molecule has 0 spiro atoms. The third-order valence-electron chi connectivity index (χ3n) is 4.73. The fourth-order valence-corrected chi connectivity index (χ4v) is 3.16. The van der Waals surface area contributed by atoms with E-state index >= 15 is 0 Å². The van der Waals surface area contributed by atoms with Crippen molar-refractivity contribution < 1.29 is 18.4 Å². The van der Waals surface area contributed by atoms with Crippen molar-refractivity contribution in [2.24, 2.45) is 0 Å². The molecule has 6 nitrogen and oxygen atoms in total. The van der Waals surface area contributed by atoms with Crippen LogP contribution in [0.25, 0.3) is 0 Å². The maximum absolute atomic E-state index is 13.1. The number of carbonyl (C=O) groups excluding carboxylic acids is 2. The zero-order valence-electron chi connectivity index (χ0n) is 16.0. The quantitative estimate of drug-likeness (QED) is 0.742. The van der Waals surface area contributed by atoms with Gasteiger partial charge in [-0.25, -0.2) is 8.78 Å². The largest absolute Gasteiger partial charge is 0.346 e. The minimum atomic E-state index is -1.04. The minimum Gasteiger partial charge on any atom is -0.346 e. The smallest absolute Gasteiger partial charge is 0.243 e. The van der Waals surface area contributed by atoms with Crippen molar-refractivity contribution in [2.75, 3.05) is 44.6 Å². The number of hydrogen-bond acceptors (Lipinski definition) is 4. The molecule has 2 amide bonds. The Labute approximate surface area is 168 Å². The summed E-state index contributed by atoms with van der Waals surface area (Å²) in [6.07, 6.45) is 0. The summed E-state index contributed by atoms with van der Waals surface area (Å²) in [4.78, 5) is 28.3. The van der Waals surface area contributed by atoms with Gasteiger partial charge in [0.2, 0.25) is 11.8 Å². The molecular weight excluding hydrogens is 378 g/mol. The molecule has 0 radical (unpaired) electrons. The lowest BCUT2D eigenvalue weighted by atomic mass is 10.2. The van der Waals surface area contributed by atoms with Crippen LogP contribution in [0.1, 0.15) is 5.56 Å². The van der Waals surface area contributed by atoms with Gasteiger partial charge >= 0.3 is 0 Å². The van der Waals surface area contributed by atoms with Crippen molar-refractivity contribution in [2.45, 2.75) is 6.54 Å². The number of carbonyl (C=O) groups is 2. The fraction of sp³-hybridized carbons (Fsp3) is 0.333. The van der Waals surface area contributed by atoms with Gasteiger partial charge in [0.25, 0.3) is 0 Å². The number of halogens is 2. The van der Waals surface area contributed by atoms with Crippen molar-refractivity contribution in [3.8, 4) is 0 Å². The summed E-state index contributed by atoms with van der Waals surface area (Å²) in [6.45, 7) is 4.19. The molecule has 154 valence electrons. The van der Waals surface area contributed by atoms with Crippen molar-refractivity contribution in [1.29, 1.82) is 0 Å². The zero-order chi connectivity index (χ0) is 20.6. The number of nitrogens with one attached hydrogen (secondary N) is 2. The standard InChI is InChI=1S/C21H24F2N4O2/c22-18-7-6-17(12-19(18)23)25-20(28)13-24-21(29)15-27-10-8-26(9-11-27)14-16-4-2-1-3-5-16/h1-7,12H,8-11,13-15H2,(H,24,29)(H,25,28). The second-order valence-corrected chi connectivity index (χ2v) is 6.99. The molecule has 2 N–H and O–H groups in total. The first kappa shape index (κ1) is 20.9. The van der Waals surface area contributed by atoms with Gasteiger partial charge in [0.05, 0.1) is 13.1 Å². The SMILES string of the molecule is O=C(CN1CCN(Cc2ccccc2)CC1)NCC(=O)Nc1ccc(F)c(F)c1. The van der Waals surface area contributed by atoms with E-state index in [4.69, 9.17) is 0 Å². The van der Waals surface area contributed by atoms with Crippen LogP contribution in [0, 0.1) is 11.6 Å². The second-order valence-electron chi connectivity index (χ2n) is 6.99. The molecule has 29 heavy (non-hydrogen) atoms. The molecule has 0 unspecified atom stereocenters. The van der Waals surface area contributed by atoms with Crippen molar-refractivity contribution in [1.82, 2.24) is 15.1 Å². The third kappa shape index (κ3) is 6.62. The number of amides is 2. The molecular formula is C21H24F2N4O2. The van der Waals surface area contributed by atoms with E-state index in [1.54, 1.807) is 0 Å². The van der Waals surface area contributed by atoms with E-state index in [1.165, 1.54) is 11.6 Å². The van der Waals surface area contributed by atoms with Crippen LogP contribution in [0.2, 0.25) is 0 Å². The molecule has 2 aromatic carbocycles. The molecule has 1 heterocycles. The van der Waals surface area contributed by atoms with Gasteiger partial charge in [-0.2, -0.15) is 0 Å². The van der Waals surface area contributed by atoms with Gasteiger partial charge in [0.1, 0.15) is 0 Å². The summed E-state index contributed by atoms with van der Waals surface area (Å²) in [5, 5.41) is 4.97. The summed E-state index contributed by atoms with van der Waals surface area (Å²) in [5.74, 6) is -2.78. The Morgan fingerprint density at radius 2 is 1.55 bits per heavy atom. The summed E-state index contributed by atoms with van der Waals surface area (Å²) < 4.78 is 26.0. The first-order valence-electron chi connectivity index (χ1n) is 9.50. The van der Waals surface area contributed by atoms with Crippen LogP contribution in [0.5, 0.6) is 0 Å². The number of piperazine rings is 1. The number of benzene rings is 2. The van der Waals surface area contributed by atoms with E-state index in [-0.39, 0.29) is 24.7 Å². The predicted molar refractivity (Wildman–Crippen MR) is 106 cm³/mol. The van der Waals surface area contributed by atoms with Gasteiger partial charge in [-0.3, -0.25) is 19.4 Å². The van der Waals surface area contributed by atoms with Crippen molar-refractivity contribution >= 4 is 17.5 Å². The van der Waals surface area contributed by atoms with E-state index in [1.807, 2.05) is 23.1 Å². The van der Waals surface area contributed by atoms with Crippen LogP contribution in [-0.4, -0.2) is 60.9 Å². The van der Waals surface area contributed by atoms with Gasteiger partial charge in [-0.05, 0) is 17.7 Å². The lowest BCUT2D eigenvalue weighted by molar-refractivity contribution is -0.125. The average molecular weight is 402 g/mol. The van der Waals surface area contributed by atoms with E-state index in [2.05, 4.69) is 27.7 Å². The highest BCUT2D eigenvalue weighted by Gasteiger charge is 2.19. The van der Waals surface area contributed by atoms with Gasteiger partial charge in [0.15, 0.2) is 11.6 Å². The van der Waals surface area contributed by atoms with Crippen LogP contribution in [0.4, 0.5) is 14.5 Å². The van der Waals surface area contributed by atoms with E-state index in [0.717, 1.165) is 44.9 Å². The fourth-order valence-electron chi connectivity index (χ4n) is 3.16. The van der Waals surface area contributed by atoms with Gasteiger partial charge in [0, 0.05) is 44.5 Å². The lowest BCUT2D eigenvalue weighted by Crippen LogP contribution is -2.49. The van der Waals surface area contributed by atoms with E-state index in [0.29, 0.717) is 0 Å². The Kier molecular flexibility index (Phi) is 7.26. The molecule has 1 fully saturated rings. The van der Waals surface area contributed by atoms with Gasteiger partial charge in [-0.15, -0.1) is 0 Å². The summed E-state index contributed by atoms with van der Waals surface area (Å²) in [5.41, 5.74) is 1.41. The van der Waals surface area contributed by atoms with Gasteiger partial charge < -0.3 is 10.6 Å². The van der Waals surface area contributed by atoms with Crippen LogP contribution < -0.4 is 10.6 Å². The number of nitrogens with zero attached hydrogens (tertiary/aromatic N) is 2. The maximum atomic E-state index is 13.1. The number of anilines is 1. The van der Waals surface area contributed by atoms with E-state index < -0.39 is 17.5 Å². The molecule has 0 aromatic heterocycles. The van der Waals surface area contributed by atoms with Crippen molar-refractivity contribution in [3.63, 3.8) is 0 Å². The maximum Gasteiger partial charge on any atom is 0.243 e. The van der Waals surface area contributed by atoms with Crippen LogP contribution in [0.3, 0.4) is 0 Å². The molecule has 3 rings (SSSR count). The normalized spacial score (nSPS) is 15.1. The molecule has 0 aliphatic carbocycles. The monoisotopic (exact) mass is 402 g/mol. The highest BCUT2D eigenvalue weighted by molar-refractivity contribution is 5.94. The topological polar surface area (TPSA) is 64.7 Å². The molecule has 8 heteroatoms. The van der Waals surface area contributed by atoms with Crippen LogP contribution in [0.15, 0.2) is 48.5 Å². The molecule has 1 aliphatic rings. The Morgan fingerprint density at radius 1 is 0.862 bits per heavy atom. The summed E-state index contributed by atoms with van der Waals surface area (Å²) >= 11 is 0. The average Bonchev–Trinajstić information content (AvgIpc) is 2.71. The number of rotatable bonds is 7. The zero-order valence-corrected chi connectivity index (χ0v) is 16.0. The predicted octanol–water partition coefficient (Wildman–Crippen LogP) is 1.84. The second kappa shape index (κ2) is 10.1. The highest BCUT2D eigenvalue weighted by atomic mass is 19.2. The molecule has 1 saturated heterocycles. The first-order valence-corrected chi connectivity index (χ1v) is 9.50. The Bertz CT molecular complexity index is 840. The van der Waals surface area contributed by atoms with Crippen LogP contribution >= 0.6 is 0 Å². The summed E-state index contributed by atoms with van der Waals surface area (Å²) in [6, 6.07) is 13.3.